The van der Waals surface area contributed by atoms with E-state index in [9.17, 15) is 15.0 Å². The highest BCUT2D eigenvalue weighted by molar-refractivity contribution is 6.09. The number of carbonyl (C=O) groups excluding carboxylic acids is 1. The van der Waals surface area contributed by atoms with Gasteiger partial charge in [-0.3, -0.25) is 4.79 Å². The van der Waals surface area contributed by atoms with Crippen molar-refractivity contribution in [3.8, 4) is 17.2 Å². The van der Waals surface area contributed by atoms with Gasteiger partial charge in [-0.2, -0.15) is 0 Å². The smallest absolute Gasteiger partial charge is 0.170 e. The lowest BCUT2D eigenvalue weighted by Crippen LogP contribution is -2.25. The van der Waals surface area contributed by atoms with E-state index >= 15 is 0 Å². The van der Waals surface area contributed by atoms with Crippen molar-refractivity contribution in [3.63, 3.8) is 0 Å². The first-order valence-electron chi connectivity index (χ1n) is 6.16. The van der Waals surface area contributed by atoms with Crippen LogP contribution in [-0.4, -0.2) is 22.1 Å². The number of aromatic hydroxyl groups is 2. The number of ketones is 1. The number of ether oxygens (including phenoxy) is 1. The molecule has 0 saturated heterocycles. The quantitative estimate of drug-likeness (QED) is 0.762. The van der Waals surface area contributed by atoms with Gasteiger partial charge in [0.25, 0.3) is 0 Å². The normalized spacial score (nSPS) is 18.2. The molecule has 1 aliphatic rings. The summed E-state index contributed by atoms with van der Waals surface area (Å²) in [7, 11) is 0. The standard InChI is InChI=1S/C15H14O4/c1-7-3-9-5-10(16)6-12(18)14(9)15-13(7)11(17)4-8(2)19-15/h3,5-6,8,16,18H,4H2,1-2H3. The van der Waals surface area contributed by atoms with E-state index in [1.165, 1.54) is 6.07 Å². The van der Waals surface area contributed by atoms with Gasteiger partial charge >= 0.3 is 0 Å². The van der Waals surface area contributed by atoms with Gasteiger partial charge in [0, 0.05) is 12.5 Å². The number of fused-ring (bicyclic) bond motifs is 3. The maximum Gasteiger partial charge on any atom is 0.170 e. The molecule has 1 aliphatic heterocycles. The molecule has 2 aromatic rings. The summed E-state index contributed by atoms with van der Waals surface area (Å²) in [5.74, 6) is 0.365. The lowest BCUT2D eigenvalue weighted by molar-refractivity contribution is 0.0873. The van der Waals surface area contributed by atoms with Gasteiger partial charge in [-0.25, -0.2) is 0 Å². The zero-order valence-electron chi connectivity index (χ0n) is 10.7. The Balaban J connectivity index is 2.44. The van der Waals surface area contributed by atoms with Crippen LogP contribution >= 0.6 is 0 Å². The molecule has 1 atom stereocenters. The number of Topliss-reactive ketones (excluding diaryl/α,β-unsaturated/α-hetero) is 1. The molecule has 0 bridgehead atoms. The Bertz CT molecular complexity index is 703. The van der Waals surface area contributed by atoms with Crippen molar-refractivity contribution in [1.82, 2.24) is 0 Å². The second kappa shape index (κ2) is 3.88. The SMILES string of the molecule is Cc1cc2cc(O)cc(O)c2c2c1C(=O)CC(C)O2. The minimum absolute atomic E-state index is 0.0143. The van der Waals surface area contributed by atoms with E-state index in [0.717, 1.165) is 5.56 Å². The van der Waals surface area contributed by atoms with E-state index < -0.39 is 0 Å². The van der Waals surface area contributed by atoms with Crippen molar-refractivity contribution in [2.75, 3.05) is 0 Å². The van der Waals surface area contributed by atoms with Crippen LogP contribution < -0.4 is 4.74 Å². The predicted molar refractivity (Wildman–Crippen MR) is 71.1 cm³/mol. The number of rotatable bonds is 0. The molecule has 1 heterocycles. The highest BCUT2D eigenvalue weighted by Crippen LogP contribution is 2.43. The molecule has 0 aliphatic carbocycles. The molecule has 4 nitrogen and oxygen atoms in total. The van der Waals surface area contributed by atoms with E-state index in [4.69, 9.17) is 4.74 Å². The summed E-state index contributed by atoms with van der Waals surface area (Å²) in [5, 5.41) is 20.7. The van der Waals surface area contributed by atoms with E-state index in [2.05, 4.69) is 0 Å². The van der Waals surface area contributed by atoms with Gasteiger partial charge in [0.15, 0.2) is 5.78 Å². The molecule has 2 aromatic carbocycles. The van der Waals surface area contributed by atoms with Crippen molar-refractivity contribution in [3.05, 3.63) is 29.3 Å². The van der Waals surface area contributed by atoms with Gasteiger partial charge < -0.3 is 14.9 Å². The fourth-order valence-electron chi connectivity index (χ4n) is 2.67. The summed E-state index contributed by atoms with van der Waals surface area (Å²) in [6, 6.07) is 4.59. The highest BCUT2D eigenvalue weighted by Gasteiger charge is 2.28. The molecule has 0 saturated carbocycles. The van der Waals surface area contributed by atoms with Crippen LogP contribution in [0.15, 0.2) is 18.2 Å². The van der Waals surface area contributed by atoms with E-state index in [1.54, 1.807) is 12.1 Å². The number of carbonyl (C=O) groups is 1. The molecular formula is C15H14O4. The molecule has 1 unspecified atom stereocenters. The van der Waals surface area contributed by atoms with Crippen LogP contribution in [0, 0.1) is 6.92 Å². The minimum atomic E-state index is -0.210. The summed E-state index contributed by atoms with van der Waals surface area (Å²) >= 11 is 0. The number of benzene rings is 2. The van der Waals surface area contributed by atoms with Crippen molar-refractivity contribution in [2.45, 2.75) is 26.4 Å². The average molecular weight is 258 g/mol. The van der Waals surface area contributed by atoms with Crippen molar-refractivity contribution < 1.29 is 19.7 Å². The lowest BCUT2D eigenvalue weighted by Gasteiger charge is -2.25. The largest absolute Gasteiger partial charge is 0.508 e. The third kappa shape index (κ3) is 1.71. The molecule has 19 heavy (non-hydrogen) atoms. The van der Waals surface area contributed by atoms with E-state index in [0.29, 0.717) is 28.5 Å². The minimum Gasteiger partial charge on any atom is -0.508 e. The fraction of sp³-hybridized carbons (Fsp3) is 0.267. The maximum absolute atomic E-state index is 12.1. The summed E-state index contributed by atoms with van der Waals surface area (Å²) in [6.45, 7) is 3.66. The van der Waals surface area contributed by atoms with Crippen molar-refractivity contribution in [2.24, 2.45) is 0 Å². The van der Waals surface area contributed by atoms with Crippen LogP contribution in [0.5, 0.6) is 17.2 Å². The topological polar surface area (TPSA) is 66.8 Å². The van der Waals surface area contributed by atoms with Crippen molar-refractivity contribution >= 4 is 16.6 Å². The number of phenols is 2. The molecular weight excluding hydrogens is 244 g/mol. The average Bonchev–Trinajstić information content (AvgIpc) is 2.25. The third-order valence-electron chi connectivity index (χ3n) is 3.42. The first-order chi connectivity index (χ1) is 8.97. The first kappa shape index (κ1) is 11.8. The van der Waals surface area contributed by atoms with Gasteiger partial charge in [-0.05, 0) is 30.9 Å². The van der Waals surface area contributed by atoms with Gasteiger partial charge in [-0.15, -0.1) is 0 Å². The van der Waals surface area contributed by atoms with Crippen LogP contribution in [0.1, 0.15) is 29.3 Å². The van der Waals surface area contributed by atoms with Crippen LogP contribution in [-0.2, 0) is 0 Å². The molecule has 0 aromatic heterocycles. The van der Waals surface area contributed by atoms with Crippen LogP contribution in [0.25, 0.3) is 10.8 Å². The van der Waals surface area contributed by atoms with Crippen LogP contribution in [0.4, 0.5) is 0 Å². The first-order valence-corrected chi connectivity index (χ1v) is 6.16. The zero-order chi connectivity index (χ0) is 13.7. The Morgan fingerprint density at radius 2 is 2.00 bits per heavy atom. The fourth-order valence-corrected chi connectivity index (χ4v) is 2.67. The monoisotopic (exact) mass is 258 g/mol. The molecule has 4 heteroatoms. The Hall–Kier alpha value is -2.23. The Labute approximate surface area is 110 Å². The number of hydrogen-bond acceptors (Lipinski definition) is 4. The molecule has 0 fully saturated rings. The predicted octanol–water partition coefficient (Wildman–Crippen LogP) is 2.91. The summed E-state index contributed by atoms with van der Waals surface area (Å²) < 4.78 is 5.75. The summed E-state index contributed by atoms with van der Waals surface area (Å²) in [4.78, 5) is 12.1. The number of hydrogen-bond donors (Lipinski definition) is 2. The third-order valence-corrected chi connectivity index (χ3v) is 3.42. The highest BCUT2D eigenvalue weighted by atomic mass is 16.5. The molecule has 0 radical (unpaired) electrons. The van der Waals surface area contributed by atoms with Gasteiger partial charge in [0.2, 0.25) is 0 Å². The zero-order valence-corrected chi connectivity index (χ0v) is 10.7. The summed E-state index contributed by atoms with van der Waals surface area (Å²) in [6.07, 6.45) is 0.135. The molecule has 0 spiro atoms. The van der Waals surface area contributed by atoms with E-state index in [-0.39, 0.29) is 23.4 Å². The number of phenolic OH excluding ortho intramolecular Hbond substituents is 2. The Morgan fingerprint density at radius 1 is 1.26 bits per heavy atom. The lowest BCUT2D eigenvalue weighted by atomic mass is 9.92. The van der Waals surface area contributed by atoms with Crippen molar-refractivity contribution in [1.29, 1.82) is 0 Å². The molecule has 0 amide bonds. The van der Waals surface area contributed by atoms with Crippen LogP contribution in [0.3, 0.4) is 0 Å². The molecule has 3 rings (SSSR count). The van der Waals surface area contributed by atoms with E-state index in [1.807, 2.05) is 13.8 Å². The van der Waals surface area contributed by atoms with Crippen LogP contribution in [0.2, 0.25) is 0 Å². The Morgan fingerprint density at radius 3 is 2.74 bits per heavy atom. The number of aryl methyl sites for hydroxylation is 1. The molecule has 2 N–H and O–H groups in total. The van der Waals surface area contributed by atoms with Gasteiger partial charge in [0.1, 0.15) is 23.4 Å². The second-order valence-electron chi connectivity index (χ2n) is 5.02. The van der Waals surface area contributed by atoms with Gasteiger partial charge in [-0.1, -0.05) is 6.07 Å². The maximum atomic E-state index is 12.1. The molecule has 98 valence electrons. The van der Waals surface area contributed by atoms with Gasteiger partial charge in [0.05, 0.1) is 10.9 Å². The Kier molecular flexibility index (Phi) is 2.42. The summed E-state index contributed by atoms with van der Waals surface area (Å²) in [5.41, 5.74) is 1.33. The second-order valence-corrected chi connectivity index (χ2v) is 5.02.